The van der Waals surface area contributed by atoms with Gasteiger partial charge in [-0.15, -0.1) is 0 Å². The summed E-state index contributed by atoms with van der Waals surface area (Å²) < 4.78 is 10.3. The van der Waals surface area contributed by atoms with Crippen molar-refractivity contribution in [2.45, 2.75) is 13.3 Å². The molecule has 1 aromatic rings. The molecule has 3 nitrogen and oxygen atoms in total. The second kappa shape index (κ2) is 3.93. The van der Waals surface area contributed by atoms with Gasteiger partial charge in [0.2, 0.25) is 0 Å². The van der Waals surface area contributed by atoms with Crippen LogP contribution in [0.1, 0.15) is 22.8 Å². The van der Waals surface area contributed by atoms with E-state index in [1.807, 2.05) is 12.1 Å². The lowest BCUT2D eigenvalue weighted by Gasteiger charge is -2.23. The van der Waals surface area contributed by atoms with Crippen LogP contribution in [0.2, 0.25) is 0 Å². The van der Waals surface area contributed by atoms with Crippen molar-refractivity contribution < 1.29 is 14.3 Å². The van der Waals surface area contributed by atoms with Crippen molar-refractivity contribution >= 4 is 5.97 Å². The Morgan fingerprint density at radius 1 is 1.53 bits per heavy atom. The van der Waals surface area contributed by atoms with E-state index >= 15 is 0 Å². The van der Waals surface area contributed by atoms with Gasteiger partial charge in [-0.2, -0.15) is 0 Å². The lowest BCUT2D eigenvalue weighted by molar-refractivity contribution is 0.0593. The van der Waals surface area contributed by atoms with E-state index in [9.17, 15) is 4.79 Å². The molecule has 0 unspecified atom stereocenters. The summed E-state index contributed by atoms with van der Waals surface area (Å²) in [6.45, 7) is 2.80. The Hall–Kier alpha value is -1.51. The zero-order chi connectivity index (χ0) is 10.8. The number of rotatable bonds is 1. The van der Waals surface area contributed by atoms with Gasteiger partial charge in [0.05, 0.1) is 13.7 Å². The van der Waals surface area contributed by atoms with Crippen LogP contribution >= 0.6 is 0 Å². The summed E-state index contributed by atoms with van der Waals surface area (Å²) in [6.07, 6.45) is 0.958. The van der Waals surface area contributed by atoms with E-state index in [1.54, 1.807) is 6.07 Å². The Kier molecular flexibility index (Phi) is 2.62. The van der Waals surface area contributed by atoms with Crippen molar-refractivity contribution in [3.63, 3.8) is 0 Å². The minimum atomic E-state index is -0.332. The summed E-state index contributed by atoms with van der Waals surface area (Å²) >= 11 is 0. The third-order valence-corrected chi connectivity index (χ3v) is 2.58. The number of hydrogen-bond acceptors (Lipinski definition) is 3. The summed E-state index contributed by atoms with van der Waals surface area (Å²) in [5.74, 6) is 0.870. The highest BCUT2D eigenvalue weighted by atomic mass is 16.5. The van der Waals surface area contributed by atoms with Crippen molar-refractivity contribution in [2.75, 3.05) is 13.7 Å². The topological polar surface area (TPSA) is 35.5 Å². The molecule has 0 saturated carbocycles. The van der Waals surface area contributed by atoms with E-state index < -0.39 is 0 Å². The van der Waals surface area contributed by atoms with E-state index in [2.05, 4.69) is 6.92 Å². The van der Waals surface area contributed by atoms with Gasteiger partial charge in [0, 0.05) is 0 Å². The molecule has 15 heavy (non-hydrogen) atoms. The Labute approximate surface area is 89.0 Å². The quantitative estimate of drug-likeness (QED) is 0.660. The van der Waals surface area contributed by atoms with Gasteiger partial charge in [-0.25, -0.2) is 4.79 Å². The van der Waals surface area contributed by atoms with Gasteiger partial charge in [-0.05, 0) is 24.0 Å². The molecule has 0 aliphatic carbocycles. The molecule has 0 spiro atoms. The molecule has 1 heterocycles. The maximum atomic E-state index is 11.5. The Morgan fingerprint density at radius 3 is 3.07 bits per heavy atom. The highest BCUT2D eigenvalue weighted by Crippen LogP contribution is 2.31. The maximum Gasteiger partial charge on any atom is 0.341 e. The molecule has 1 atom stereocenters. The summed E-state index contributed by atoms with van der Waals surface area (Å²) in [7, 11) is 1.38. The van der Waals surface area contributed by atoms with E-state index in [1.165, 1.54) is 7.11 Å². The highest BCUT2D eigenvalue weighted by Gasteiger charge is 2.22. The lowest BCUT2D eigenvalue weighted by Crippen LogP contribution is -2.20. The van der Waals surface area contributed by atoms with Gasteiger partial charge < -0.3 is 9.47 Å². The smallest absolute Gasteiger partial charge is 0.341 e. The standard InChI is InChI=1S/C12H14O3/c1-8-6-9-4-3-5-10(12(13)14-2)11(9)15-7-8/h3-5,8H,6-7H2,1-2H3/t8-/m0/s1. The normalized spacial score (nSPS) is 18.9. The number of ether oxygens (including phenoxy) is 2. The minimum Gasteiger partial charge on any atom is -0.492 e. The number of methoxy groups -OCH3 is 1. The van der Waals surface area contributed by atoms with Gasteiger partial charge in [0.15, 0.2) is 0 Å². The van der Waals surface area contributed by atoms with Crippen LogP contribution in [-0.2, 0) is 11.2 Å². The fourth-order valence-corrected chi connectivity index (χ4v) is 1.85. The molecule has 0 fully saturated rings. The van der Waals surface area contributed by atoms with Crippen LogP contribution in [0.15, 0.2) is 18.2 Å². The fraction of sp³-hybridized carbons (Fsp3) is 0.417. The molecule has 0 amide bonds. The number of carbonyl (C=O) groups is 1. The van der Waals surface area contributed by atoms with Crippen molar-refractivity contribution in [3.8, 4) is 5.75 Å². The van der Waals surface area contributed by atoms with Gasteiger partial charge >= 0.3 is 5.97 Å². The largest absolute Gasteiger partial charge is 0.492 e. The second-order valence-corrected chi connectivity index (χ2v) is 3.91. The summed E-state index contributed by atoms with van der Waals surface area (Å²) in [4.78, 5) is 11.5. The summed E-state index contributed by atoms with van der Waals surface area (Å²) in [5, 5.41) is 0. The van der Waals surface area contributed by atoms with Crippen LogP contribution in [0.5, 0.6) is 5.75 Å². The molecule has 1 aliphatic heterocycles. The predicted molar refractivity (Wildman–Crippen MR) is 56.1 cm³/mol. The lowest BCUT2D eigenvalue weighted by atomic mass is 9.96. The third-order valence-electron chi connectivity index (χ3n) is 2.58. The zero-order valence-corrected chi connectivity index (χ0v) is 8.95. The summed E-state index contributed by atoms with van der Waals surface area (Å²) in [5.41, 5.74) is 1.62. The van der Waals surface area contributed by atoms with Crippen molar-refractivity contribution in [3.05, 3.63) is 29.3 Å². The molecule has 0 saturated heterocycles. The number of esters is 1. The molecule has 3 heteroatoms. The van der Waals surface area contributed by atoms with E-state index in [0.717, 1.165) is 12.0 Å². The average molecular weight is 206 g/mol. The van der Waals surface area contributed by atoms with Crippen molar-refractivity contribution in [2.24, 2.45) is 5.92 Å². The maximum absolute atomic E-state index is 11.5. The van der Waals surface area contributed by atoms with Crippen LogP contribution in [0.4, 0.5) is 0 Å². The minimum absolute atomic E-state index is 0.332. The Balaban J connectivity index is 2.42. The number of fused-ring (bicyclic) bond motifs is 1. The fourth-order valence-electron chi connectivity index (χ4n) is 1.85. The number of para-hydroxylation sites is 1. The van der Waals surface area contributed by atoms with Gasteiger partial charge in [-0.1, -0.05) is 19.1 Å². The van der Waals surface area contributed by atoms with Crippen LogP contribution < -0.4 is 4.74 Å². The molecule has 1 aromatic carbocycles. The monoisotopic (exact) mass is 206 g/mol. The Bertz CT molecular complexity index is 384. The van der Waals surface area contributed by atoms with Crippen LogP contribution in [-0.4, -0.2) is 19.7 Å². The van der Waals surface area contributed by atoms with Crippen molar-refractivity contribution in [1.29, 1.82) is 0 Å². The van der Waals surface area contributed by atoms with Crippen LogP contribution in [0.25, 0.3) is 0 Å². The number of hydrogen-bond donors (Lipinski definition) is 0. The van der Waals surface area contributed by atoms with E-state index in [-0.39, 0.29) is 5.97 Å². The molecular formula is C12H14O3. The average Bonchev–Trinajstić information content (AvgIpc) is 2.26. The third kappa shape index (κ3) is 1.82. The van der Waals surface area contributed by atoms with Gasteiger partial charge in [0.1, 0.15) is 11.3 Å². The van der Waals surface area contributed by atoms with E-state index in [0.29, 0.717) is 23.8 Å². The zero-order valence-electron chi connectivity index (χ0n) is 8.95. The molecular weight excluding hydrogens is 192 g/mol. The molecule has 0 bridgehead atoms. The first-order chi connectivity index (χ1) is 7.22. The molecule has 0 radical (unpaired) electrons. The molecule has 2 rings (SSSR count). The Morgan fingerprint density at radius 2 is 2.33 bits per heavy atom. The number of carbonyl (C=O) groups excluding carboxylic acids is 1. The van der Waals surface area contributed by atoms with Crippen LogP contribution in [0, 0.1) is 5.92 Å². The SMILES string of the molecule is COC(=O)c1cccc2c1OC[C@@H](C)C2. The first-order valence-corrected chi connectivity index (χ1v) is 5.05. The first kappa shape index (κ1) is 10.0. The molecule has 0 N–H and O–H groups in total. The van der Waals surface area contributed by atoms with Gasteiger partial charge in [0.25, 0.3) is 0 Å². The first-order valence-electron chi connectivity index (χ1n) is 5.05. The number of benzene rings is 1. The van der Waals surface area contributed by atoms with Crippen LogP contribution in [0.3, 0.4) is 0 Å². The summed E-state index contributed by atoms with van der Waals surface area (Å²) in [6, 6.07) is 5.60. The predicted octanol–water partition coefficient (Wildman–Crippen LogP) is 2.04. The highest BCUT2D eigenvalue weighted by molar-refractivity contribution is 5.93. The molecule has 80 valence electrons. The van der Waals surface area contributed by atoms with Crippen molar-refractivity contribution in [1.82, 2.24) is 0 Å². The van der Waals surface area contributed by atoms with E-state index in [4.69, 9.17) is 9.47 Å². The van der Waals surface area contributed by atoms with Gasteiger partial charge in [-0.3, -0.25) is 0 Å². The second-order valence-electron chi connectivity index (χ2n) is 3.91. The molecule has 1 aliphatic rings. The molecule has 0 aromatic heterocycles.